The summed E-state index contributed by atoms with van der Waals surface area (Å²) in [6, 6.07) is 35.7. The van der Waals surface area contributed by atoms with Crippen LogP contribution in [-0.4, -0.2) is 48.5 Å². The largest absolute Gasteiger partial charge is 0.484 e. The molecule has 2 aliphatic rings. The molecule has 0 saturated heterocycles. The van der Waals surface area contributed by atoms with Crippen LogP contribution in [0, 0.1) is 0 Å². The molecule has 9 rings (SSSR count). The Hall–Kier alpha value is -6.29. The van der Waals surface area contributed by atoms with Gasteiger partial charge in [-0.3, -0.25) is 0 Å². The topological polar surface area (TPSA) is 82.6 Å². The highest BCUT2D eigenvalue weighted by atomic mass is 19.4. The molecular weight excluding hydrogens is 754 g/mol. The maximum absolute atomic E-state index is 12.5. The summed E-state index contributed by atoms with van der Waals surface area (Å²) in [5, 5.41) is 2.24. The van der Waals surface area contributed by atoms with Crippen LogP contribution in [-0.2, 0) is 28.9 Å². The van der Waals surface area contributed by atoms with Crippen LogP contribution < -0.4 is 4.74 Å². The molecule has 2 fully saturated rings. The minimum absolute atomic E-state index is 0.192. The summed E-state index contributed by atoms with van der Waals surface area (Å²) < 4.78 is 54.4. The number of halogens is 3. The summed E-state index contributed by atoms with van der Waals surface area (Å²) in [6.45, 7) is -0.812. The second kappa shape index (κ2) is 16.9. The van der Waals surface area contributed by atoms with Crippen molar-refractivity contribution in [2.75, 3.05) is 20.8 Å². The first-order valence-electron chi connectivity index (χ1n) is 19.9. The van der Waals surface area contributed by atoms with E-state index in [1.807, 2.05) is 59.4 Å². The van der Waals surface area contributed by atoms with Crippen LogP contribution in [0.3, 0.4) is 0 Å². The number of fused-ring (bicyclic) bond motifs is 2. The number of carbonyl (C=O) groups excluding carboxylic acids is 2. The molecule has 0 bridgehead atoms. The number of H-pyrrole nitrogens is 1. The fraction of sp³-hybridized carbons (Fsp3) is 0.265. The highest BCUT2D eigenvalue weighted by Crippen LogP contribution is 2.42. The number of nitrogens with zero attached hydrogens (tertiary/aromatic N) is 1. The lowest BCUT2D eigenvalue weighted by Crippen LogP contribution is -2.19. The number of aromatic amines is 1. The van der Waals surface area contributed by atoms with Crippen LogP contribution in [0.25, 0.3) is 21.8 Å². The zero-order valence-electron chi connectivity index (χ0n) is 33.0. The number of methoxy groups -OCH3 is 2. The molecule has 7 nitrogen and oxygen atoms in total. The third kappa shape index (κ3) is 9.71. The zero-order valence-corrected chi connectivity index (χ0v) is 33.0. The standard InChI is InChI=1S/C29H26F3NO3.C20H19NO2/c1-35-28(34)26-16-22(21-6-7-21)8-9-23(26)13-19-5-10-27-24(14-19)11-12-33(27)17-20-3-2-4-25(15-20)36-18-29(30,31)32;1-23-20(22)18-12-15(14-3-4-14)5-6-16(18)10-13-2-7-19-17(11-13)8-9-21-19/h2-5,8-12,14-16,21H,6-7,13,17-18H2,1H3;2,5-9,11-12,14,21H,3-4,10H2,1H3. The van der Waals surface area contributed by atoms with Gasteiger partial charge in [0.05, 0.1) is 25.3 Å². The van der Waals surface area contributed by atoms with E-state index in [1.54, 1.807) is 12.1 Å². The molecule has 59 heavy (non-hydrogen) atoms. The van der Waals surface area contributed by atoms with Crippen molar-refractivity contribution in [1.82, 2.24) is 9.55 Å². The van der Waals surface area contributed by atoms with Crippen LogP contribution in [0.2, 0.25) is 0 Å². The fourth-order valence-corrected chi connectivity index (χ4v) is 7.68. The third-order valence-electron chi connectivity index (χ3n) is 11.1. The monoisotopic (exact) mass is 798 g/mol. The lowest BCUT2D eigenvalue weighted by atomic mass is 9.96. The average molecular weight is 799 g/mol. The number of alkyl halides is 3. The number of nitrogens with one attached hydrogen (secondary N) is 1. The molecule has 2 heterocycles. The van der Waals surface area contributed by atoms with Gasteiger partial charge in [0.25, 0.3) is 0 Å². The number of aromatic nitrogens is 2. The molecule has 2 aliphatic carbocycles. The smallest absolute Gasteiger partial charge is 0.422 e. The normalized spacial score (nSPS) is 13.8. The SMILES string of the molecule is COC(=O)c1cc(C2CC2)ccc1Cc1ccc2[nH]ccc2c1.COC(=O)c1cc(C2CC2)ccc1Cc1ccc2c(ccn2Cc2cccc(OCC(F)(F)F)c2)c1. The molecular formula is C49H45F3N2O5. The summed E-state index contributed by atoms with van der Waals surface area (Å²) in [7, 11) is 2.85. The number of rotatable bonds is 12. The van der Waals surface area contributed by atoms with Gasteiger partial charge in [-0.25, -0.2) is 9.59 Å². The minimum Gasteiger partial charge on any atom is -0.484 e. The van der Waals surface area contributed by atoms with Crippen molar-refractivity contribution in [3.63, 3.8) is 0 Å². The van der Waals surface area contributed by atoms with E-state index in [9.17, 15) is 22.8 Å². The number of ether oxygens (including phenoxy) is 3. The summed E-state index contributed by atoms with van der Waals surface area (Å²) in [5.41, 5.74) is 11.0. The Kier molecular flexibility index (Phi) is 11.3. The van der Waals surface area contributed by atoms with Crippen LogP contribution in [0.5, 0.6) is 5.75 Å². The van der Waals surface area contributed by atoms with Crippen molar-refractivity contribution in [2.24, 2.45) is 0 Å². The Labute approximate surface area is 340 Å². The van der Waals surface area contributed by atoms with E-state index >= 15 is 0 Å². The lowest BCUT2D eigenvalue weighted by Gasteiger charge is -2.12. The quantitative estimate of drug-likeness (QED) is 0.125. The summed E-state index contributed by atoms with van der Waals surface area (Å²) >= 11 is 0. The highest BCUT2D eigenvalue weighted by molar-refractivity contribution is 5.92. The van der Waals surface area contributed by atoms with Crippen molar-refractivity contribution >= 4 is 33.7 Å². The van der Waals surface area contributed by atoms with E-state index in [-0.39, 0.29) is 17.7 Å². The van der Waals surface area contributed by atoms with Gasteiger partial charge >= 0.3 is 18.1 Å². The molecule has 0 radical (unpaired) electrons. The van der Waals surface area contributed by atoms with Gasteiger partial charge in [0, 0.05) is 30.0 Å². The van der Waals surface area contributed by atoms with Gasteiger partial charge in [-0.2, -0.15) is 13.2 Å². The molecule has 5 aromatic carbocycles. The number of benzene rings is 5. The van der Waals surface area contributed by atoms with Gasteiger partial charge in [0.15, 0.2) is 6.61 Å². The van der Waals surface area contributed by atoms with Gasteiger partial charge in [-0.05, 0) is 161 Å². The zero-order chi connectivity index (χ0) is 41.1. The molecule has 0 amide bonds. The summed E-state index contributed by atoms with van der Waals surface area (Å²) in [6.07, 6.45) is 5.65. The second-order valence-electron chi connectivity index (χ2n) is 15.5. The van der Waals surface area contributed by atoms with Gasteiger partial charge in [-0.1, -0.05) is 48.5 Å². The molecule has 302 valence electrons. The Balaban J connectivity index is 0.000000180. The first-order chi connectivity index (χ1) is 28.5. The van der Waals surface area contributed by atoms with Crippen molar-refractivity contribution in [2.45, 2.75) is 63.1 Å². The highest BCUT2D eigenvalue weighted by Gasteiger charge is 2.29. The minimum atomic E-state index is -4.37. The number of hydrogen-bond donors (Lipinski definition) is 1. The predicted molar refractivity (Wildman–Crippen MR) is 222 cm³/mol. The Morgan fingerprint density at radius 3 is 1.88 bits per heavy atom. The molecule has 7 aromatic rings. The first-order valence-corrected chi connectivity index (χ1v) is 19.9. The number of hydrogen-bond acceptors (Lipinski definition) is 5. The van der Waals surface area contributed by atoms with Crippen molar-refractivity contribution < 1.29 is 37.0 Å². The van der Waals surface area contributed by atoms with E-state index in [0.717, 1.165) is 45.1 Å². The molecule has 2 saturated carbocycles. The molecule has 0 unspecified atom stereocenters. The van der Waals surface area contributed by atoms with Crippen LogP contribution in [0.15, 0.2) is 122 Å². The molecule has 2 aromatic heterocycles. The van der Waals surface area contributed by atoms with Gasteiger partial charge in [-0.15, -0.1) is 0 Å². The third-order valence-corrected chi connectivity index (χ3v) is 11.1. The van der Waals surface area contributed by atoms with Crippen molar-refractivity contribution in [3.05, 3.63) is 172 Å². The van der Waals surface area contributed by atoms with E-state index in [0.29, 0.717) is 35.9 Å². The first kappa shape index (κ1) is 39.5. The van der Waals surface area contributed by atoms with Gasteiger partial charge in [0.1, 0.15) is 5.75 Å². The predicted octanol–water partition coefficient (Wildman–Crippen LogP) is 11.3. The summed E-state index contributed by atoms with van der Waals surface area (Å²) in [5.74, 6) is 0.809. The second-order valence-corrected chi connectivity index (χ2v) is 15.5. The van der Waals surface area contributed by atoms with E-state index < -0.39 is 12.8 Å². The van der Waals surface area contributed by atoms with E-state index in [2.05, 4.69) is 53.5 Å². The van der Waals surface area contributed by atoms with Gasteiger partial charge in [0.2, 0.25) is 0 Å². The molecule has 0 spiro atoms. The van der Waals surface area contributed by atoms with E-state index in [1.165, 1.54) is 68.0 Å². The average Bonchev–Trinajstić information content (AvgIpc) is 4.18. The Morgan fingerprint density at radius 1 is 0.678 bits per heavy atom. The molecule has 0 atom stereocenters. The lowest BCUT2D eigenvalue weighted by molar-refractivity contribution is -0.153. The van der Waals surface area contributed by atoms with E-state index in [4.69, 9.17) is 14.2 Å². The molecule has 1 N–H and O–H groups in total. The molecule has 0 aliphatic heterocycles. The number of carbonyl (C=O) groups is 2. The summed E-state index contributed by atoms with van der Waals surface area (Å²) in [4.78, 5) is 27.8. The van der Waals surface area contributed by atoms with Crippen LogP contribution in [0.4, 0.5) is 13.2 Å². The van der Waals surface area contributed by atoms with Crippen LogP contribution >= 0.6 is 0 Å². The maximum atomic E-state index is 12.5. The van der Waals surface area contributed by atoms with Gasteiger partial charge < -0.3 is 23.8 Å². The number of esters is 2. The fourth-order valence-electron chi connectivity index (χ4n) is 7.68. The Bertz CT molecular complexity index is 2630. The van der Waals surface area contributed by atoms with Crippen molar-refractivity contribution in [1.29, 1.82) is 0 Å². The Morgan fingerprint density at radius 2 is 1.29 bits per heavy atom. The van der Waals surface area contributed by atoms with Crippen LogP contribution in [0.1, 0.15) is 97.2 Å². The molecule has 10 heteroatoms. The maximum Gasteiger partial charge on any atom is 0.422 e. The van der Waals surface area contributed by atoms with Crippen molar-refractivity contribution in [3.8, 4) is 5.75 Å².